The van der Waals surface area contributed by atoms with E-state index in [-0.39, 0.29) is 17.2 Å². The third kappa shape index (κ3) is 5.17. The first-order chi connectivity index (χ1) is 17.0. The number of hydrogen-bond acceptors (Lipinski definition) is 6. The lowest BCUT2D eigenvalue weighted by Crippen LogP contribution is -2.23. The van der Waals surface area contributed by atoms with E-state index in [9.17, 15) is 9.59 Å². The van der Waals surface area contributed by atoms with Gasteiger partial charge < -0.3 is 10.1 Å². The Labute approximate surface area is 219 Å². The summed E-state index contributed by atoms with van der Waals surface area (Å²) in [6.07, 6.45) is 4.15. The second-order valence-electron chi connectivity index (χ2n) is 8.20. The number of nitrogens with zero attached hydrogens (tertiary/aromatic N) is 2. The van der Waals surface area contributed by atoms with Crippen LogP contribution < -0.4 is 15.6 Å². The Kier molecular flexibility index (Phi) is 7.27. The molecular weight excluding hydrogens is 546 g/mol. The fourth-order valence-corrected chi connectivity index (χ4v) is 6.61. The lowest BCUT2D eigenvalue weighted by Gasteiger charge is -2.14. The largest absolute Gasteiger partial charge is 0.494 e. The number of benzene rings is 2. The van der Waals surface area contributed by atoms with Gasteiger partial charge in [-0.05, 0) is 86.7 Å². The number of ether oxygens (including phenoxy) is 1. The van der Waals surface area contributed by atoms with Crippen LogP contribution in [0.15, 0.2) is 63.0 Å². The number of aromatic nitrogens is 2. The molecule has 1 amide bonds. The van der Waals surface area contributed by atoms with Gasteiger partial charge in [-0.15, -0.1) is 11.3 Å². The van der Waals surface area contributed by atoms with Crippen molar-refractivity contribution >= 4 is 60.8 Å². The van der Waals surface area contributed by atoms with E-state index in [2.05, 4.69) is 21.2 Å². The molecule has 35 heavy (non-hydrogen) atoms. The Balaban J connectivity index is 1.50. The molecule has 0 unspecified atom stereocenters. The van der Waals surface area contributed by atoms with E-state index in [0.717, 1.165) is 57.4 Å². The third-order valence-electron chi connectivity index (χ3n) is 5.82. The second kappa shape index (κ2) is 10.6. The average Bonchev–Trinajstić information content (AvgIpc) is 3.24. The molecule has 1 aliphatic rings. The van der Waals surface area contributed by atoms with Crippen LogP contribution in [-0.4, -0.2) is 27.8 Å². The third-order valence-corrected chi connectivity index (χ3v) is 8.48. The molecule has 0 aliphatic heterocycles. The SMILES string of the molecule is CCOc1ccc(-n2c(SCC(=O)Nc3ccc(Br)cc3)nc3sc4c(c3c2=O)CCCC4)cc1. The van der Waals surface area contributed by atoms with Crippen molar-refractivity contribution in [2.75, 3.05) is 17.7 Å². The molecule has 0 fully saturated rings. The van der Waals surface area contributed by atoms with E-state index >= 15 is 0 Å². The maximum atomic E-state index is 13.8. The molecule has 1 aliphatic carbocycles. The summed E-state index contributed by atoms with van der Waals surface area (Å²) in [6.45, 7) is 2.51. The number of nitrogens with one attached hydrogen (secondary N) is 1. The zero-order valence-electron chi connectivity index (χ0n) is 19.2. The highest BCUT2D eigenvalue weighted by atomic mass is 79.9. The Morgan fingerprint density at radius 3 is 2.63 bits per heavy atom. The van der Waals surface area contributed by atoms with E-state index in [1.54, 1.807) is 15.9 Å². The smallest absolute Gasteiger partial charge is 0.267 e. The Morgan fingerprint density at radius 2 is 1.89 bits per heavy atom. The highest BCUT2D eigenvalue weighted by Crippen LogP contribution is 2.35. The predicted molar refractivity (Wildman–Crippen MR) is 147 cm³/mol. The predicted octanol–water partition coefficient (Wildman–Crippen LogP) is 6.22. The number of carbonyl (C=O) groups is 1. The van der Waals surface area contributed by atoms with E-state index < -0.39 is 0 Å². The van der Waals surface area contributed by atoms with E-state index in [4.69, 9.17) is 9.72 Å². The van der Waals surface area contributed by atoms with Gasteiger partial charge in [-0.3, -0.25) is 14.2 Å². The minimum Gasteiger partial charge on any atom is -0.494 e. The fraction of sp³-hybridized carbons (Fsp3) is 0.269. The minimum atomic E-state index is -0.157. The van der Waals surface area contributed by atoms with Gasteiger partial charge in [-0.2, -0.15) is 0 Å². The maximum absolute atomic E-state index is 13.8. The van der Waals surface area contributed by atoms with Gasteiger partial charge in [-0.25, -0.2) is 4.98 Å². The summed E-state index contributed by atoms with van der Waals surface area (Å²) in [5.41, 5.74) is 2.50. The lowest BCUT2D eigenvalue weighted by atomic mass is 9.97. The van der Waals surface area contributed by atoms with Crippen molar-refractivity contribution < 1.29 is 9.53 Å². The summed E-state index contributed by atoms with van der Waals surface area (Å²) in [6, 6.07) is 14.9. The summed E-state index contributed by atoms with van der Waals surface area (Å²) in [7, 11) is 0. The highest BCUT2D eigenvalue weighted by Gasteiger charge is 2.23. The van der Waals surface area contributed by atoms with Crippen molar-refractivity contribution in [2.45, 2.75) is 37.8 Å². The molecule has 9 heteroatoms. The van der Waals surface area contributed by atoms with E-state index in [1.807, 2.05) is 55.5 Å². The summed E-state index contributed by atoms with van der Waals surface area (Å²) in [5.74, 6) is 0.723. The number of anilines is 1. The molecule has 0 radical (unpaired) electrons. The van der Waals surface area contributed by atoms with Crippen molar-refractivity contribution in [3.63, 3.8) is 0 Å². The van der Waals surface area contributed by atoms with Crippen molar-refractivity contribution in [1.29, 1.82) is 0 Å². The van der Waals surface area contributed by atoms with Gasteiger partial charge in [0, 0.05) is 15.0 Å². The normalized spacial score (nSPS) is 13.0. The van der Waals surface area contributed by atoms with Crippen LogP contribution in [0.2, 0.25) is 0 Å². The second-order valence-corrected chi connectivity index (χ2v) is 11.1. The van der Waals surface area contributed by atoms with Crippen LogP contribution in [0.25, 0.3) is 15.9 Å². The van der Waals surface area contributed by atoms with Gasteiger partial charge in [0.15, 0.2) is 5.16 Å². The highest BCUT2D eigenvalue weighted by molar-refractivity contribution is 9.10. The zero-order chi connectivity index (χ0) is 24.4. The molecule has 4 aromatic rings. The standard InChI is InChI=1S/C26H24BrN3O3S2/c1-2-33-19-13-11-18(12-14-19)30-25(32)23-20-5-3-4-6-21(20)35-24(23)29-26(30)34-15-22(31)28-17-9-7-16(27)8-10-17/h7-14H,2-6,15H2,1H3,(H,28,31). The molecule has 2 aromatic heterocycles. The monoisotopic (exact) mass is 569 g/mol. The molecule has 5 rings (SSSR count). The average molecular weight is 571 g/mol. The van der Waals surface area contributed by atoms with Crippen molar-refractivity contribution in [1.82, 2.24) is 9.55 Å². The molecule has 6 nitrogen and oxygen atoms in total. The molecule has 0 saturated heterocycles. The first-order valence-corrected chi connectivity index (χ1v) is 14.1. The first-order valence-electron chi connectivity index (χ1n) is 11.5. The molecule has 2 heterocycles. The van der Waals surface area contributed by atoms with Gasteiger partial charge in [0.2, 0.25) is 5.91 Å². The number of hydrogen-bond donors (Lipinski definition) is 1. The fourth-order valence-electron chi connectivity index (χ4n) is 4.23. The van der Waals surface area contributed by atoms with Crippen molar-refractivity contribution in [2.24, 2.45) is 0 Å². The molecule has 180 valence electrons. The summed E-state index contributed by atoms with van der Waals surface area (Å²) < 4.78 is 8.15. The number of thioether (sulfide) groups is 1. The molecule has 1 N–H and O–H groups in total. The Morgan fingerprint density at radius 1 is 1.14 bits per heavy atom. The quantitative estimate of drug-likeness (QED) is 0.211. The molecule has 2 aromatic carbocycles. The molecule has 0 atom stereocenters. The Hall–Kier alpha value is -2.62. The Bertz CT molecular complexity index is 1430. The van der Waals surface area contributed by atoms with Crippen LogP contribution in [0.5, 0.6) is 5.75 Å². The number of fused-ring (bicyclic) bond motifs is 3. The number of rotatable bonds is 7. The number of aryl methyl sites for hydroxylation is 2. The van der Waals surface area contributed by atoms with Gasteiger partial charge >= 0.3 is 0 Å². The number of halogens is 1. The van der Waals surface area contributed by atoms with Gasteiger partial charge in [-0.1, -0.05) is 27.7 Å². The van der Waals surface area contributed by atoms with Crippen LogP contribution >= 0.6 is 39.0 Å². The molecule has 0 spiro atoms. The molecular formula is C26H24BrN3O3S2. The lowest BCUT2D eigenvalue weighted by molar-refractivity contribution is -0.113. The van der Waals surface area contributed by atoms with Crippen LogP contribution in [-0.2, 0) is 17.6 Å². The summed E-state index contributed by atoms with van der Waals surface area (Å²) in [5, 5.41) is 4.14. The molecule has 0 bridgehead atoms. The van der Waals surface area contributed by atoms with Gasteiger partial charge in [0.25, 0.3) is 5.56 Å². The summed E-state index contributed by atoms with van der Waals surface area (Å²) in [4.78, 5) is 33.4. The van der Waals surface area contributed by atoms with Crippen molar-refractivity contribution in [3.8, 4) is 11.4 Å². The minimum absolute atomic E-state index is 0.0747. The zero-order valence-corrected chi connectivity index (χ0v) is 22.4. The number of thiophene rings is 1. The first kappa shape index (κ1) is 24.1. The topological polar surface area (TPSA) is 73.2 Å². The van der Waals surface area contributed by atoms with Crippen molar-refractivity contribution in [3.05, 3.63) is 73.8 Å². The maximum Gasteiger partial charge on any atom is 0.267 e. The van der Waals surface area contributed by atoms with E-state index in [1.165, 1.54) is 16.6 Å². The van der Waals surface area contributed by atoms with Gasteiger partial charge in [0.1, 0.15) is 10.6 Å². The summed E-state index contributed by atoms with van der Waals surface area (Å²) >= 11 is 6.28. The van der Waals surface area contributed by atoms with Crippen LogP contribution in [0.1, 0.15) is 30.2 Å². The van der Waals surface area contributed by atoms with Gasteiger partial charge in [0.05, 0.1) is 23.4 Å². The van der Waals surface area contributed by atoms with Crippen LogP contribution in [0, 0.1) is 0 Å². The number of carbonyl (C=O) groups excluding carboxylic acids is 1. The van der Waals surface area contributed by atoms with E-state index in [0.29, 0.717) is 17.5 Å². The van der Waals surface area contributed by atoms with Crippen LogP contribution in [0.3, 0.4) is 0 Å². The van der Waals surface area contributed by atoms with Crippen LogP contribution in [0.4, 0.5) is 5.69 Å². The molecule has 0 saturated carbocycles. The number of amides is 1.